The molecule has 4 rings (SSSR count). The van der Waals surface area contributed by atoms with Gasteiger partial charge in [0, 0.05) is 44.3 Å². The number of aromatic nitrogens is 2. The molecule has 1 N–H and O–H groups in total. The minimum Gasteiger partial charge on any atom is -0.444 e. The first-order valence-corrected chi connectivity index (χ1v) is 10.9. The number of carbonyl (C=O) groups excluding carboxylic acids is 1. The third-order valence-corrected chi connectivity index (χ3v) is 5.51. The zero-order valence-corrected chi connectivity index (χ0v) is 19.1. The number of hydrogen-bond acceptors (Lipinski definition) is 9. The molecule has 1 aromatic heterocycles. The minimum absolute atomic E-state index is 0.170. The molecule has 0 amide bonds. The van der Waals surface area contributed by atoms with Crippen LogP contribution in [-0.2, 0) is 17.9 Å². The van der Waals surface area contributed by atoms with Crippen LogP contribution in [-0.4, -0.2) is 89.3 Å². The Morgan fingerprint density at radius 1 is 1.23 bits per heavy atom. The van der Waals surface area contributed by atoms with Gasteiger partial charge in [0.05, 0.1) is 12.6 Å². The van der Waals surface area contributed by atoms with Gasteiger partial charge in [0.1, 0.15) is 24.8 Å². The SMILES string of the molecule is CNC1COc2nc([N+](=O)[O-])cn2C1.O=CCN1CCN(Cc2ccc(OC(F)(F)F)cc2)CC1. The lowest BCUT2D eigenvalue weighted by molar-refractivity contribution is -0.389. The van der Waals surface area contributed by atoms with Crippen molar-refractivity contribution in [1.29, 1.82) is 0 Å². The number of aldehydes is 1. The maximum Gasteiger partial charge on any atom is 0.573 e. The van der Waals surface area contributed by atoms with Gasteiger partial charge < -0.3 is 29.7 Å². The number of nitrogens with one attached hydrogen (secondary N) is 1. The molecule has 1 saturated heterocycles. The topological polar surface area (TPSA) is 115 Å². The monoisotopic (exact) mass is 500 g/mol. The molecule has 3 heterocycles. The lowest BCUT2D eigenvalue weighted by Crippen LogP contribution is -2.46. The fourth-order valence-electron chi connectivity index (χ4n) is 3.65. The van der Waals surface area contributed by atoms with E-state index in [4.69, 9.17) is 4.74 Å². The molecule has 2 aliphatic rings. The fraction of sp³-hybridized carbons (Fsp3) is 0.524. The van der Waals surface area contributed by atoms with Gasteiger partial charge in [-0.15, -0.1) is 13.2 Å². The van der Waals surface area contributed by atoms with Crippen LogP contribution in [0.3, 0.4) is 0 Å². The fourth-order valence-corrected chi connectivity index (χ4v) is 3.65. The second-order valence-corrected chi connectivity index (χ2v) is 8.02. The van der Waals surface area contributed by atoms with Gasteiger partial charge in [-0.1, -0.05) is 12.1 Å². The summed E-state index contributed by atoms with van der Waals surface area (Å²) in [7, 11) is 1.82. The Labute approximate surface area is 199 Å². The summed E-state index contributed by atoms with van der Waals surface area (Å²) in [5.41, 5.74) is 0.938. The van der Waals surface area contributed by atoms with Crippen molar-refractivity contribution in [2.45, 2.75) is 25.5 Å². The van der Waals surface area contributed by atoms with E-state index in [1.54, 1.807) is 16.7 Å². The first kappa shape index (κ1) is 26.4. The van der Waals surface area contributed by atoms with Crippen molar-refractivity contribution < 1.29 is 32.4 Å². The molecule has 35 heavy (non-hydrogen) atoms. The van der Waals surface area contributed by atoms with Crippen LogP contribution in [0.15, 0.2) is 30.5 Å². The van der Waals surface area contributed by atoms with Crippen LogP contribution in [0, 0.1) is 10.1 Å². The molecule has 14 heteroatoms. The molecule has 0 bridgehead atoms. The Kier molecular flexibility index (Phi) is 9.01. The van der Waals surface area contributed by atoms with E-state index in [-0.39, 0.29) is 17.6 Å². The van der Waals surface area contributed by atoms with Gasteiger partial charge in [-0.2, -0.15) is 0 Å². The van der Waals surface area contributed by atoms with E-state index in [1.165, 1.54) is 18.3 Å². The number of alkyl halides is 3. The summed E-state index contributed by atoms with van der Waals surface area (Å²) in [6, 6.07) is 6.42. The van der Waals surface area contributed by atoms with Crippen molar-refractivity contribution in [2.75, 3.05) is 46.4 Å². The molecule has 192 valence electrons. The summed E-state index contributed by atoms with van der Waals surface area (Å²) in [5.74, 6) is -0.376. The van der Waals surface area contributed by atoms with E-state index in [9.17, 15) is 28.1 Å². The smallest absolute Gasteiger partial charge is 0.444 e. The maximum atomic E-state index is 12.1. The highest BCUT2D eigenvalue weighted by atomic mass is 19.4. The van der Waals surface area contributed by atoms with E-state index in [0.717, 1.165) is 38.0 Å². The number of rotatable bonds is 7. The number of benzene rings is 1. The largest absolute Gasteiger partial charge is 0.573 e. The Morgan fingerprint density at radius 3 is 2.46 bits per heavy atom. The van der Waals surface area contributed by atoms with E-state index in [2.05, 4.69) is 24.8 Å². The Bertz CT molecular complexity index is 977. The van der Waals surface area contributed by atoms with Gasteiger partial charge in [-0.3, -0.25) is 14.4 Å². The molecule has 0 aliphatic carbocycles. The van der Waals surface area contributed by atoms with Crippen molar-refractivity contribution in [3.63, 3.8) is 0 Å². The van der Waals surface area contributed by atoms with Crippen molar-refractivity contribution in [3.05, 3.63) is 46.1 Å². The number of imidazole rings is 1. The first-order chi connectivity index (χ1) is 16.7. The molecular weight excluding hydrogens is 473 g/mol. The molecule has 0 saturated carbocycles. The molecule has 0 spiro atoms. The van der Waals surface area contributed by atoms with Gasteiger partial charge in [-0.25, -0.2) is 0 Å². The Balaban J connectivity index is 0.000000211. The van der Waals surface area contributed by atoms with Crippen molar-refractivity contribution in [3.8, 4) is 11.8 Å². The van der Waals surface area contributed by atoms with Crippen LogP contribution in [0.1, 0.15) is 5.56 Å². The van der Waals surface area contributed by atoms with Crippen molar-refractivity contribution in [2.24, 2.45) is 0 Å². The van der Waals surface area contributed by atoms with E-state index >= 15 is 0 Å². The summed E-state index contributed by atoms with van der Waals surface area (Å²) in [5, 5.41) is 13.5. The molecular formula is C21H27F3N6O5. The van der Waals surface area contributed by atoms with Gasteiger partial charge in [0.15, 0.2) is 0 Å². The zero-order valence-electron chi connectivity index (χ0n) is 19.1. The highest BCUT2D eigenvalue weighted by Gasteiger charge is 2.31. The number of ether oxygens (including phenoxy) is 2. The first-order valence-electron chi connectivity index (χ1n) is 10.9. The van der Waals surface area contributed by atoms with Crippen LogP contribution in [0.4, 0.5) is 19.0 Å². The normalized spacial score (nSPS) is 18.6. The van der Waals surface area contributed by atoms with Gasteiger partial charge in [-0.05, 0) is 29.7 Å². The molecule has 2 aliphatic heterocycles. The van der Waals surface area contributed by atoms with Crippen LogP contribution in [0.5, 0.6) is 11.8 Å². The molecule has 1 fully saturated rings. The second kappa shape index (κ2) is 12.0. The Morgan fingerprint density at radius 2 is 1.89 bits per heavy atom. The van der Waals surface area contributed by atoms with Crippen LogP contribution < -0.4 is 14.8 Å². The number of likely N-dealkylation sites (N-methyl/N-ethyl adjacent to an activating group) is 1. The molecule has 1 aromatic carbocycles. The number of nitro groups is 1. The predicted molar refractivity (Wildman–Crippen MR) is 118 cm³/mol. The second-order valence-electron chi connectivity index (χ2n) is 8.02. The lowest BCUT2D eigenvalue weighted by atomic mass is 10.2. The summed E-state index contributed by atoms with van der Waals surface area (Å²) in [6.45, 7) is 5.61. The molecule has 11 nitrogen and oxygen atoms in total. The van der Waals surface area contributed by atoms with Gasteiger partial charge >= 0.3 is 18.2 Å². The van der Waals surface area contributed by atoms with Crippen molar-refractivity contribution in [1.82, 2.24) is 24.7 Å². The zero-order chi connectivity index (χ0) is 25.4. The highest BCUT2D eigenvalue weighted by molar-refractivity contribution is 5.51. The molecule has 1 unspecified atom stereocenters. The number of hydrogen-bond donors (Lipinski definition) is 1. The van der Waals surface area contributed by atoms with Crippen molar-refractivity contribution >= 4 is 12.1 Å². The number of nitrogens with zero attached hydrogens (tertiary/aromatic N) is 5. The average molecular weight is 500 g/mol. The number of halogens is 3. The minimum atomic E-state index is -4.66. The third-order valence-electron chi connectivity index (χ3n) is 5.51. The van der Waals surface area contributed by atoms with E-state index in [1.807, 2.05) is 7.05 Å². The highest BCUT2D eigenvalue weighted by Crippen LogP contribution is 2.23. The quantitative estimate of drug-likeness (QED) is 0.344. The summed E-state index contributed by atoms with van der Waals surface area (Å²) < 4.78 is 46.9. The van der Waals surface area contributed by atoms with Crippen LogP contribution in [0.25, 0.3) is 0 Å². The number of piperazine rings is 1. The Hall–Kier alpha value is -3.23. The summed E-state index contributed by atoms with van der Waals surface area (Å²) in [4.78, 5) is 28.3. The molecule has 1 atom stereocenters. The van der Waals surface area contributed by atoms with Crippen LogP contribution in [0.2, 0.25) is 0 Å². The number of fused-ring (bicyclic) bond motifs is 1. The van der Waals surface area contributed by atoms with Crippen LogP contribution >= 0.6 is 0 Å². The predicted octanol–water partition coefficient (Wildman–Crippen LogP) is 1.67. The average Bonchev–Trinajstić information content (AvgIpc) is 3.25. The lowest BCUT2D eigenvalue weighted by Gasteiger charge is -2.33. The molecule has 0 radical (unpaired) electrons. The van der Waals surface area contributed by atoms with Gasteiger partial charge in [0.2, 0.25) is 0 Å². The molecule has 2 aromatic rings. The number of carbonyl (C=O) groups is 1. The summed E-state index contributed by atoms with van der Waals surface area (Å²) >= 11 is 0. The maximum absolute atomic E-state index is 12.1. The standard InChI is InChI=1S/C14H17F3N2O2.C7H10N4O3/c15-14(16,17)21-13-3-1-12(2-4-13)11-19-7-5-18(6-8-19)9-10-20;1-8-5-2-10-3-6(11(12)13)9-7(10)14-4-5/h1-4,10H,5-9,11H2;3,5,8H,2,4H2,1H3. The third kappa shape index (κ3) is 8.19. The van der Waals surface area contributed by atoms with E-state index < -0.39 is 11.3 Å². The summed E-state index contributed by atoms with van der Waals surface area (Å²) in [6.07, 6.45) is -2.37. The van der Waals surface area contributed by atoms with E-state index in [0.29, 0.717) is 32.3 Å². The van der Waals surface area contributed by atoms with Gasteiger partial charge in [0.25, 0.3) is 0 Å².